The molecule has 5 rings (SSSR count). The number of nitrogens with zero attached hydrogens (tertiary/aromatic N) is 5. The number of nitrogen functional groups attached to an aromatic ring is 1. The van der Waals surface area contributed by atoms with Crippen LogP contribution in [-0.4, -0.2) is 41.9 Å². The molecule has 10 heteroatoms. The fourth-order valence-corrected chi connectivity index (χ4v) is 4.33. The molecule has 1 saturated carbocycles. The molecular formula is C23H22ClN7O2. The highest BCUT2D eigenvalue weighted by Gasteiger charge is 2.29. The van der Waals surface area contributed by atoms with E-state index < -0.39 is 0 Å². The first-order chi connectivity index (χ1) is 15.9. The van der Waals surface area contributed by atoms with Gasteiger partial charge in [-0.3, -0.25) is 14.5 Å². The third-order valence-electron chi connectivity index (χ3n) is 5.75. The van der Waals surface area contributed by atoms with E-state index in [1.54, 1.807) is 23.1 Å². The molecule has 33 heavy (non-hydrogen) atoms. The average molecular weight is 464 g/mol. The monoisotopic (exact) mass is 463 g/mol. The van der Waals surface area contributed by atoms with Crippen molar-refractivity contribution in [1.82, 2.24) is 24.7 Å². The topological polar surface area (TPSA) is 132 Å². The van der Waals surface area contributed by atoms with E-state index in [1.807, 2.05) is 31.3 Å². The summed E-state index contributed by atoms with van der Waals surface area (Å²) in [5, 5.41) is 18.0. The minimum atomic E-state index is -0.316. The summed E-state index contributed by atoms with van der Waals surface area (Å²) in [5.74, 6) is 0.213. The van der Waals surface area contributed by atoms with Crippen molar-refractivity contribution in [2.24, 2.45) is 13.0 Å². The quantitative estimate of drug-likeness (QED) is 0.413. The number of benzene rings is 1. The summed E-state index contributed by atoms with van der Waals surface area (Å²) >= 11 is 6.52. The molecule has 0 atom stereocenters. The van der Waals surface area contributed by atoms with Crippen LogP contribution in [0, 0.1) is 5.92 Å². The van der Waals surface area contributed by atoms with Gasteiger partial charge in [-0.1, -0.05) is 17.7 Å². The Bertz CT molecular complexity index is 1360. The number of fused-ring (bicyclic) bond motifs is 1. The fraction of sp³-hybridized carbons (Fsp3) is 0.261. The van der Waals surface area contributed by atoms with Crippen LogP contribution in [0.4, 0.5) is 11.6 Å². The number of hydrogen-bond acceptors (Lipinski definition) is 7. The predicted octanol–water partition coefficient (Wildman–Crippen LogP) is 3.43. The van der Waals surface area contributed by atoms with Gasteiger partial charge in [-0.05, 0) is 43.0 Å². The van der Waals surface area contributed by atoms with Crippen molar-refractivity contribution >= 4 is 40.0 Å². The molecule has 1 aliphatic carbocycles. The van der Waals surface area contributed by atoms with Crippen molar-refractivity contribution in [3.8, 4) is 22.6 Å². The molecule has 9 nitrogen and oxygen atoms in total. The van der Waals surface area contributed by atoms with E-state index in [9.17, 15) is 9.90 Å². The Morgan fingerprint density at radius 1 is 1.27 bits per heavy atom. The third kappa shape index (κ3) is 4.24. The lowest BCUT2D eigenvalue weighted by molar-refractivity contribution is -0.118. The second-order valence-corrected chi connectivity index (χ2v) is 8.71. The van der Waals surface area contributed by atoms with Crippen LogP contribution in [0.15, 0.2) is 42.7 Å². The summed E-state index contributed by atoms with van der Waals surface area (Å²) in [4.78, 5) is 26.1. The zero-order chi connectivity index (χ0) is 23.1. The standard InChI is InChI=1S/C23H22ClN7O2/c1-31-6-4-17(30-31)21-20(14-10-13-3-2-5-26-19(13)16(24)11-14)29-23(22(25)28-21)27-18(33)9-12-7-15(32)8-12/h2-6,10-12,15,32H,7-9H2,1H3,(H2,25,28)(H,27,29,33). The first-order valence-electron chi connectivity index (χ1n) is 10.6. The van der Waals surface area contributed by atoms with Crippen molar-refractivity contribution in [1.29, 1.82) is 0 Å². The van der Waals surface area contributed by atoms with Gasteiger partial charge in [0.05, 0.1) is 16.6 Å². The number of halogens is 1. The van der Waals surface area contributed by atoms with Crippen LogP contribution < -0.4 is 11.1 Å². The molecule has 0 radical (unpaired) electrons. The molecule has 1 fully saturated rings. The Kier molecular flexibility index (Phi) is 5.43. The maximum Gasteiger partial charge on any atom is 0.225 e. The van der Waals surface area contributed by atoms with Gasteiger partial charge in [0, 0.05) is 36.8 Å². The molecule has 0 bridgehead atoms. The molecule has 1 aliphatic rings. The van der Waals surface area contributed by atoms with Gasteiger partial charge in [-0.25, -0.2) is 9.97 Å². The van der Waals surface area contributed by atoms with Crippen molar-refractivity contribution in [2.75, 3.05) is 11.1 Å². The van der Waals surface area contributed by atoms with Crippen LogP contribution in [0.1, 0.15) is 19.3 Å². The zero-order valence-electron chi connectivity index (χ0n) is 17.9. The summed E-state index contributed by atoms with van der Waals surface area (Å²) in [6, 6.07) is 9.25. The van der Waals surface area contributed by atoms with Crippen LogP contribution in [-0.2, 0) is 11.8 Å². The molecule has 4 aromatic rings. The molecule has 1 amide bonds. The lowest BCUT2D eigenvalue weighted by Gasteiger charge is -2.30. The van der Waals surface area contributed by atoms with E-state index in [-0.39, 0.29) is 29.6 Å². The lowest BCUT2D eigenvalue weighted by Crippen LogP contribution is -2.31. The molecule has 0 aliphatic heterocycles. The normalized spacial score (nSPS) is 17.7. The number of nitrogens with one attached hydrogen (secondary N) is 1. The minimum absolute atomic E-state index is 0.0925. The Labute approximate surface area is 194 Å². The summed E-state index contributed by atoms with van der Waals surface area (Å²) in [6.07, 6.45) is 4.72. The van der Waals surface area contributed by atoms with Crippen molar-refractivity contribution < 1.29 is 9.90 Å². The first kappa shape index (κ1) is 21.3. The third-order valence-corrected chi connectivity index (χ3v) is 6.04. The minimum Gasteiger partial charge on any atom is -0.393 e. The Hall–Kier alpha value is -3.56. The molecule has 0 saturated heterocycles. The van der Waals surface area contributed by atoms with E-state index in [1.165, 1.54) is 0 Å². The van der Waals surface area contributed by atoms with Gasteiger partial charge >= 0.3 is 0 Å². The number of rotatable bonds is 5. The molecule has 3 heterocycles. The van der Waals surface area contributed by atoms with Crippen LogP contribution in [0.3, 0.4) is 0 Å². The number of aliphatic hydroxyl groups is 1. The predicted molar refractivity (Wildman–Crippen MR) is 126 cm³/mol. The van der Waals surface area contributed by atoms with E-state index in [0.717, 1.165) is 5.39 Å². The number of aryl methyl sites for hydroxylation is 1. The molecule has 168 valence electrons. The molecule has 1 aromatic carbocycles. The fourth-order valence-electron chi connectivity index (χ4n) is 4.06. The molecular weight excluding hydrogens is 442 g/mol. The van der Waals surface area contributed by atoms with Crippen LogP contribution in [0.2, 0.25) is 5.02 Å². The van der Waals surface area contributed by atoms with Crippen LogP contribution in [0.5, 0.6) is 0 Å². The molecule has 4 N–H and O–H groups in total. The SMILES string of the molecule is Cn1ccc(-c2nc(N)c(NC(=O)CC3CC(O)C3)nc2-c2cc(Cl)c3ncccc3c2)n1. The summed E-state index contributed by atoms with van der Waals surface area (Å²) in [7, 11) is 1.81. The van der Waals surface area contributed by atoms with Gasteiger partial charge in [0.15, 0.2) is 11.6 Å². The van der Waals surface area contributed by atoms with Crippen molar-refractivity contribution in [3.63, 3.8) is 0 Å². The second kappa shape index (κ2) is 8.42. The zero-order valence-corrected chi connectivity index (χ0v) is 18.6. The smallest absolute Gasteiger partial charge is 0.225 e. The van der Waals surface area contributed by atoms with E-state index in [4.69, 9.17) is 17.3 Å². The van der Waals surface area contributed by atoms with Gasteiger partial charge in [-0.15, -0.1) is 0 Å². The summed E-state index contributed by atoms with van der Waals surface area (Å²) in [5.41, 5.74) is 9.13. The number of hydrogen-bond donors (Lipinski definition) is 3. The van der Waals surface area contributed by atoms with Gasteiger partial charge in [0.1, 0.15) is 17.1 Å². The highest BCUT2D eigenvalue weighted by atomic mass is 35.5. The Balaban J connectivity index is 1.58. The number of anilines is 2. The molecule has 3 aromatic heterocycles. The van der Waals surface area contributed by atoms with E-state index >= 15 is 0 Å². The number of pyridine rings is 1. The number of amides is 1. The summed E-state index contributed by atoms with van der Waals surface area (Å²) < 4.78 is 1.66. The first-order valence-corrected chi connectivity index (χ1v) is 11.0. The highest BCUT2D eigenvalue weighted by Crippen LogP contribution is 2.36. The number of carbonyl (C=O) groups excluding carboxylic acids is 1. The largest absolute Gasteiger partial charge is 0.393 e. The van der Waals surface area contributed by atoms with Crippen molar-refractivity contribution in [3.05, 3.63) is 47.7 Å². The van der Waals surface area contributed by atoms with E-state index in [2.05, 4.69) is 25.4 Å². The number of nitrogens with two attached hydrogens (primary N) is 1. The molecule has 0 unspecified atom stereocenters. The van der Waals surface area contributed by atoms with Gasteiger partial charge in [0.25, 0.3) is 0 Å². The van der Waals surface area contributed by atoms with Gasteiger partial charge < -0.3 is 16.2 Å². The lowest BCUT2D eigenvalue weighted by atomic mass is 9.80. The average Bonchev–Trinajstić information content (AvgIpc) is 3.20. The van der Waals surface area contributed by atoms with Gasteiger partial charge in [0.2, 0.25) is 5.91 Å². The number of aromatic nitrogens is 5. The Morgan fingerprint density at radius 3 is 2.82 bits per heavy atom. The van der Waals surface area contributed by atoms with Crippen LogP contribution >= 0.6 is 11.6 Å². The van der Waals surface area contributed by atoms with Crippen LogP contribution in [0.25, 0.3) is 33.5 Å². The maximum absolute atomic E-state index is 12.5. The van der Waals surface area contributed by atoms with E-state index in [0.29, 0.717) is 52.4 Å². The highest BCUT2D eigenvalue weighted by molar-refractivity contribution is 6.35. The molecule has 0 spiro atoms. The number of carbonyl (C=O) groups is 1. The van der Waals surface area contributed by atoms with Gasteiger partial charge in [-0.2, -0.15) is 5.10 Å². The second-order valence-electron chi connectivity index (χ2n) is 8.31. The summed E-state index contributed by atoms with van der Waals surface area (Å²) in [6.45, 7) is 0. The number of aliphatic hydroxyl groups excluding tert-OH is 1. The Morgan fingerprint density at radius 2 is 2.09 bits per heavy atom. The van der Waals surface area contributed by atoms with Crippen molar-refractivity contribution in [2.45, 2.75) is 25.4 Å². The maximum atomic E-state index is 12.5.